The molecule has 1 N–H and O–H groups in total. The molecule has 1 aromatic carbocycles. The molecule has 1 aromatic rings. The maximum Gasteiger partial charge on any atom is 0.227 e. The molecule has 1 amide bonds. The van der Waals surface area contributed by atoms with E-state index in [-0.39, 0.29) is 11.7 Å². The molecule has 1 fully saturated rings. The minimum absolute atomic E-state index is 0.164. The Labute approximate surface area is 137 Å². The van der Waals surface area contributed by atoms with Crippen LogP contribution >= 0.6 is 0 Å². The van der Waals surface area contributed by atoms with E-state index in [9.17, 15) is 9.18 Å². The summed E-state index contributed by atoms with van der Waals surface area (Å²) >= 11 is 0. The molecule has 0 aliphatic carbocycles. The number of amides is 1. The maximum absolute atomic E-state index is 13.5. The third-order valence-electron chi connectivity index (χ3n) is 5.28. The van der Waals surface area contributed by atoms with Gasteiger partial charge in [0.2, 0.25) is 5.91 Å². The second-order valence-corrected chi connectivity index (χ2v) is 6.87. The largest absolute Gasteiger partial charge is 0.371 e. The molecule has 2 heterocycles. The average Bonchev–Trinajstić information content (AvgIpc) is 2.56. The van der Waals surface area contributed by atoms with Crippen LogP contribution < -0.4 is 15.1 Å². The summed E-state index contributed by atoms with van der Waals surface area (Å²) < 4.78 is 13.5. The molecule has 4 nitrogen and oxygen atoms in total. The summed E-state index contributed by atoms with van der Waals surface area (Å²) in [7, 11) is 1.94. The first-order valence-corrected chi connectivity index (χ1v) is 8.58. The first-order chi connectivity index (χ1) is 11.1. The van der Waals surface area contributed by atoms with E-state index < -0.39 is 0 Å². The van der Waals surface area contributed by atoms with Crippen LogP contribution in [0.15, 0.2) is 18.2 Å². The van der Waals surface area contributed by atoms with Crippen LogP contribution in [0.4, 0.5) is 15.8 Å². The van der Waals surface area contributed by atoms with Gasteiger partial charge in [-0.2, -0.15) is 0 Å². The van der Waals surface area contributed by atoms with Crippen LogP contribution in [0.3, 0.4) is 0 Å². The summed E-state index contributed by atoms with van der Waals surface area (Å²) in [4.78, 5) is 16.7. The van der Waals surface area contributed by atoms with Gasteiger partial charge in [-0.3, -0.25) is 4.79 Å². The van der Waals surface area contributed by atoms with E-state index in [4.69, 9.17) is 0 Å². The van der Waals surface area contributed by atoms with Crippen LogP contribution in [-0.4, -0.2) is 39.1 Å². The normalized spacial score (nSPS) is 20.3. The average molecular weight is 319 g/mol. The topological polar surface area (TPSA) is 35.6 Å². The summed E-state index contributed by atoms with van der Waals surface area (Å²) in [6.45, 7) is 5.71. The lowest BCUT2D eigenvalue weighted by atomic mass is 9.84. The second kappa shape index (κ2) is 6.87. The third kappa shape index (κ3) is 3.50. The van der Waals surface area contributed by atoms with Crippen molar-refractivity contribution in [2.75, 3.05) is 43.0 Å². The number of likely N-dealkylation sites (N-methyl/N-ethyl adjacent to an activating group) is 1. The van der Waals surface area contributed by atoms with E-state index in [1.54, 1.807) is 6.07 Å². The number of carbonyl (C=O) groups is 1. The van der Waals surface area contributed by atoms with E-state index in [0.29, 0.717) is 24.8 Å². The van der Waals surface area contributed by atoms with Crippen molar-refractivity contribution in [3.05, 3.63) is 24.0 Å². The zero-order valence-electron chi connectivity index (χ0n) is 14.0. The quantitative estimate of drug-likeness (QED) is 0.930. The number of hydrogen-bond acceptors (Lipinski definition) is 3. The van der Waals surface area contributed by atoms with Crippen LogP contribution in [0, 0.1) is 17.7 Å². The number of benzene rings is 1. The lowest BCUT2D eigenvalue weighted by Crippen LogP contribution is -2.43. The highest BCUT2D eigenvalue weighted by Gasteiger charge is 2.28. The van der Waals surface area contributed by atoms with E-state index in [1.807, 2.05) is 16.8 Å². The summed E-state index contributed by atoms with van der Waals surface area (Å²) in [6.07, 6.45) is 2.88. The summed E-state index contributed by atoms with van der Waals surface area (Å²) in [5.41, 5.74) is 1.64. The van der Waals surface area contributed by atoms with Crippen molar-refractivity contribution in [1.29, 1.82) is 0 Å². The van der Waals surface area contributed by atoms with Gasteiger partial charge in [-0.05, 0) is 56.0 Å². The fourth-order valence-electron chi connectivity index (χ4n) is 3.75. The number of rotatable bonds is 3. The van der Waals surface area contributed by atoms with Crippen LogP contribution in [0.5, 0.6) is 0 Å². The van der Waals surface area contributed by atoms with Crippen molar-refractivity contribution in [2.24, 2.45) is 11.8 Å². The van der Waals surface area contributed by atoms with Gasteiger partial charge in [0, 0.05) is 26.6 Å². The minimum atomic E-state index is -0.257. The maximum atomic E-state index is 13.5. The van der Waals surface area contributed by atoms with Crippen molar-refractivity contribution in [3.63, 3.8) is 0 Å². The molecule has 5 heteroatoms. The Morgan fingerprint density at radius 3 is 2.78 bits per heavy atom. The monoisotopic (exact) mass is 319 g/mol. The van der Waals surface area contributed by atoms with Gasteiger partial charge in [-0.1, -0.05) is 6.92 Å². The Kier molecular flexibility index (Phi) is 4.85. The molecule has 2 aliphatic heterocycles. The highest BCUT2D eigenvalue weighted by atomic mass is 19.1. The SMILES string of the molecule is CC(CC(=O)N1CCN(C)c2cc(F)ccc21)C1CCNCC1. The van der Waals surface area contributed by atoms with Crippen LogP contribution in [-0.2, 0) is 4.79 Å². The third-order valence-corrected chi connectivity index (χ3v) is 5.28. The van der Waals surface area contributed by atoms with Crippen LogP contribution in [0.1, 0.15) is 26.2 Å². The molecule has 23 heavy (non-hydrogen) atoms. The molecule has 0 radical (unpaired) electrons. The van der Waals surface area contributed by atoms with Gasteiger partial charge in [0.1, 0.15) is 5.82 Å². The Hall–Kier alpha value is -1.62. The van der Waals surface area contributed by atoms with Gasteiger partial charge < -0.3 is 15.1 Å². The summed E-state index contributed by atoms with van der Waals surface area (Å²) in [5.74, 6) is 0.929. The van der Waals surface area contributed by atoms with Gasteiger partial charge in [0.05, 0.1) is 11.4 Å². The standard InChI is InChI=1S/C18H26FN3O/c1-13(14-5-7-20-8-6-14)11-18(23)22-10-9-21(2)17-12-15(19)3-4-16(17)22/h3-4,12-14,20H,5-11H2,1-2H3. The first-order valence-electron chi connectivity index (χ1n) is 8.58. The molecule has 1 unspecified atom stereocenters. The van der Waals surface area contributed by atoms with Gasteiger partial charge in [-0.15, -0.1) is 0 Å². The van der Waals surface area contributed by atoms with Crippen molar-refractivity contribution in [2.45, 2.75) is 26.2 Å². The molecule has 0 aromatic heterocycles. The molecular formula is C18H26FN3O. The molecule has 1 atom stereocenters. The van der Waals surface area contributed by atoms with Gasteiger partial charge >= 0.3 is 0 Å². The number of nitrogens with zero attached hydrogens (tertiary/aromatic N) is 2. The van der Waals surface area contributed by atoms with Gasteiger partial charge in [0.25, 0.3) is 0 Å². The highest BCUT2D eigenvalue weighted by Crippen LogP contribution is 2.34. The van der Waals surface area contributed by atoms with E-state index in [2.05, 4.69) is 12.2 Å². The zero-order valence-corrected chi connectivity index (χ0v) is 14.0. The Balaban J connectivity index is 1.71. The molecular weight excluding hydrogens is 293 g/mol. The summed E-state index contributed by atoms with van der Waals surface area (Å²) in [5, 5.41) is 3.37. The van der Waals surface area contributed by atoms with Gasteiger partial charge in [0.15, 0.2) is 0 Å². The first kappa shape index (κ1) is 16.2. The highest BCUT2D eigenvalue weighted by molar-refractivity contribution is 5.97. The minimum Gasteiger partial charge on any atom is -0.371 e. The van der Waals surface area contributed by atoms with E-state index in [0.717, 1.165) is 43.9 Å². The number of nitrogens with one attached hydrogen (secondary N) is 1. The van der Waals surface area contributed by atoms with Crippen molar-refractivity contribution >= 4 is 17.3 Å². The molecule has 2 aliphatic rings. The van der Waals surface area contributed by atoms with E-state index >= 15 is 0 Å². The molecule has 3 rings (SSSR count). The lowest BCUT2D eigenvalue weighted by Gasteiger charge is -2.37. The fraction of sp³-hybridized carbons (Fsp3) is 0.611. The number of fused-ring (bicyclic) bond motifs is 1. The van der Waals surface area contributed by atoms with Crippen LogP contribution in [0.2, 0.25) is 0 Å². The molecule has 1 saturated heterocycles. The van der Waals surface area contributed by atoms with Crippen molar-refractivity contribution in [1.82, 2.24) is 5.32 Å². The van der Waals surface area contributed by atoms with Crippen molar-refractivity contribution in [3.8, 4) is 0 Å². The summed E-state index contributed by atoms with van der Waals surface area (Å²) in [6, 6.07) is 4.69. The molecule has 126 valence electrons. The number of anilines is 2. The second-order valence-electron chi connectivity index (χ2n) is 6.87. The Morgan fingerprint density at radius 1 is 1.30 bits per heavy atom. The predicted octanol–water partition coefficient (Wildman–Crippen LogP) is 2.63. The van der Waals surface area contributed by atoms with E-state index in [1.165, 1.54) is 12.1 Å². The van der Waals surface area contributed by atoms with Crippen molar-refractivity contribution < 1.29 is 9.18 Å². The predicted molar refractivity (Wildman–Crippen MR) is 91.4 cm³/mol. The molecule has 0 bridgehead atoms. The number of hydrogen-bond donors (Lipinski definition) is 1. The Bertz CT molecular complexity index is 571. The molecule has 0 spiro atoms. The smallest absolute Gasteiger partial charge is 0.227 e. The Morgan fingerprint density at radius 2 is 2.04 bits per heavy atom. The number of halogens is 1. The molecule has 0 saturated carbocycles. The number of carbonyl (C=O) groups excluding carboxylic acids is 1. The van der Waals surface area contributed by atoms with Crippen LogP contribution in [0.25, 0.3) is 0 Å². The zero-order chi connectivity index (χ0) is 16.4. The fourth-order valence-corrected chi connectivity index (χ4v) is 3.75. The lowest BCUT2D eigenvalue weighted by molar-refractivity contribution is -0.119. The number of piperidine rings is 1. The van der Waals surface area contributed by atoms with Gasteiger partial charge in [-0.25, -0.2) is 4.39 Å².